The molecule has 3 rings (SSSR count). The molecule has 0 saturated heterocycles. The molecule has 0 spiro atoms. The molecule has 0 atom stereocenters. The van der Waals surface area contributed by atoms with Crippen molar-refractivity contribution in [3.8, 4) is 11.8 Å². The lowest BCUT2D eigenvalue weighted by Gasteiger charge is -2.11. The minimum Gasteiger partial charge on any atom is -0.320 e. The molecular weight excluding hydrogens is 485 g/mol. The number of nitrogens with one attached hydrogen (secondary N) is 1. The normalized spacial score (nSPS) is 11.3. The van der Waals surface area contributed by atoms with Gasteiger partial charge in [0.2, 0.25) is 0 Å². The molecule has 4 nitrogen and oxygen atoms in total. The summed E-state index contributed by atoms with van der Waals surface area (Å²) in [5.41, 5.74) is 5.17. The van der Waals surface area contributed by atoms with E-state index in [-0.39, 0.29) is 10.6 Å². The minimum atomic E-state index is -0.550. The SMILES string of the molecule is Cc1cc(-n2c(C)cc(/C=C(/C#N)C(=O)Nc3cccc(Cl)c3Cl)c2C)ccc1Br. The number of hydrogen-bond donors (Lipinski definition) is 1. The second-order valence-corrected chi connectivity index (χ2v) is 8.46. The van der Waals surface area contributed by atoms with Crippen LogP contribution in [0.3, 0.4) is 0 Å². The van der Waals surface area contributed by atoms with E-state index in [1.807, 2.05) is 45.0 Å². The van der Waals surface area contributed by atoms with Gasteiger partial charge in [-0.25, -0.2) is 0 Å². The fraction of sp³-hybridized carbons (Fsp3) is 0.130. The summed E-state index contributed by atoms with van der Waals surface area (Å²) in [5.74, 6) is -0.550. The first-order valence-corrected chi connectivity index (χ1v) is 10.6. The summed E-state index contributed by atoms with van der Waals surface area (Å²) in [7, 11) is 0. The third-order valence-electron chi connectivity index (χ3n) is 4.73. The average molecular weight is 503 g/mol. The number of aryl methyl sites for hydroxylation is 2. The van der Waals surface area contributed by atoms with Gasteiger partial charge in [-0.05, 0) is 74.4 Å². The molecule has 0 aliphatic heterocycles. The van der Waals surface area contributed by atoms with Crippen LogP contribution in [0.5, 0.6) is 0 Å². The molecule has 2 aromatic carbocycles. The Morgan fingerprint density at radius 2 is 1.90 bits per heavy atom. The molecule has 0 aliphatic rings. The molecular formula is C23H18BrCl2N3O. The summed E-state index contributed by atoms with van der Waals surface area (Å²) >= 11 is 15.6. The standard InChI is InChI=1S/C23H18BrCl2N3O/c1-13-9-18(7-8-19(13)24)29-14(2)10-16(15(29)3)11-17(12-27)23(30)28-21-6-4-5-20(25)22(21)26/h4-11H,1-3H3,(H,28,30)/b17-11-. The van der Waals surface area contributed by atoms with Crippen molar-refractivity contribution in [2.75, 3.05) is 5.32 Å². The first-order valence-electron chi connectivity index (χ1n) is 9.05. The molecule has 7 heteroatoms. The zero-order chi connectivity index (χ0) is 22.0. The number of anilines is 1. The second-order valence-electron chi connectivity index (χ2n) is 6.82. The molecule has 0 fully saturated rings. The van der Waals surface area contributed by atoms with Crippen LogP contribution in [0.15, 0.2) is 52.5 Å². The lowest BCUT2D eigenvalue weighted by molar-refractivity contribution is -0.112. The predicted octanol–water partition coefficient (Wildman–Crippen LogP) is 7.02. The van der Waals surface area contributed by atoms with E-state index in [9.17, 15) is 10.1 Å². The first-order chi connectivity index (χ1) is 14.2. The van der Waals surface area contributed by atoms with Gasteiger partial charge in [0.15, 0.2) is 0 Å². The van der Waals surface area contributed by atoms with Crippen molar-refractivity contribution < 1.29 is 4.79 Å². The number of aromatic nitrogens is 1. The molecule has 0 saturated carbocycles. The van der Waals surface area contributed by atoms with Crippen molar-refractivity contribution in [1.82, 2.24) is 4.57 Å². The van der Waals surface area contributed by atoms with Gasteiger partial charge in [0.05, 0.1) is 15.7 Å². The van der Waals surface area contributed by atoms with Gasteiger partial charge in [-0.2, -0.15) is 5.26 Å². The largest absolute Gasteiger partial charge is 0.320 e. The minimum absolute atomic E-state index is 0.0294. The molecule has 30 heavy (non-hydrogen) atoms. The second kappa shape index (κ2) is 9.09. The monoisotopic (exact) mass is 501 g/mol. The number of nitrogens with zero attached hydrogens (tertiary/aromatic N) is 2. The van der Waals surface area contributed by atoms with Crippen molar-refractivity contribution in [2.45, 2.75) is 20.8 Å². The van der Waals surface area contributed by atoms with Crippen LogP contribution in [0.2, 0.25) is 10.0 Å². The quantitative estimate of drug-likeness (QED) is 0.308. The first kappa shape index (κ1) is 22.2. The van der Waals surface area contributed by atoms with Crippen LogP contribution in [-0.2, 0) is 4.79 Å². The Morgan fingerprint density at radius 3 is 2.57 bits per heavy atom. The van der Waals surface area contributed by atoms with Crippen molar-refractivity contribution >= 4 is 56.8 Å². The van der Waals surface area contributed by atoms with Crippen molar-refractivity contribution in [3.63, 3.8) is 0 Å². The van der Waals surface area contributed by atoms with Gasteiger partial charge in [0, 0.05) is 21.5 Å². The topological polar surface area (TPSA) is 57.8 Å². The third kappa shape index (κ3) is 4.46. The summed E-state index contributed by atoms with van der Waals surface area (Å²) < 4.78 is 3.13. The van der Waals surface area contributed by atoms with Gasteiger partial charge in [-0.3, -0.25) is 4.79 Å². The maximum absolute atomic E-state index is 12.7. The smallest absolute Gasteiger partial charge is 0.266 e. The zero-order valence-corrected chi connectivity index (χ0v) is 19.7. The van der Waals surface area contributed by atoms with Crippen LogP contribution >= 0.6 is 39.1 Å². The fourth-order valence-electron chi connectivity index (χ4n) is 3.19. The summed E-state index contributed by atoms with van der Waals surface area (Å²) in [4.78, 5) is 12.7. The molecule has 0 bridgehead atoms. The van der Waals surface area contributed by atoms with Gasteiger partial charge in [-0.15, -0.1) is 0 Å². The Bertz CT molecular complexity index is 1220. The molecule has 0 unspecified atom stereocenters. The fourth-order valence-corrected chi connectivity index (χ4v) is 3.79. The highest BCUT2D eigenvalue weighted by Gasteiger charge is 2.16. The number of hydrogen-bond acceptors (Lipinski definition) is 2. The lowest BCUT2D eigenvalue weighted by Crippen LogP contribution is -2.13. The number of benzene rings is 2. The number of amides is 1. The molecule has 1 amide bonds. The lowest BCUT2D eigenvalue weighted by atomic mass is 10.1. The predicted molar refractivity (Wildman–Crippen MR) is 126 cm³/mol. The van der Waals surface area contributed by atoms with Crippen molar-refractivity contribution in [3.05, 3.63) is 85.1 Å². The van der Waals surface area contributed by atoms with Gasteiger partial charge in [0.1, 0.15) is 11.6 Å². The van der Waals surface area contributed by atoms with Crippen LogP contribution in [0, 0.1) is 32.1 Å². The van der Waals surface area contributed by atoms with Crippen LogP contribution in [-0.4, -0.2) is 10.5 Å². The highest BCUT2D eigenvalue weighted by molar-refractivity contribution is 9.10. The van der Waals surface area contributed by atoms with E-state index < -0.39 is 5.91 Å². The molecule has 152 valence electrons. The number of carbonyl (C=O) groups is 1. The Hall–Kier alpha value is -2.52. The van der Waals surface area contributed by atoms with E-state index in [2.05, 4.69) is 31.9 Å². The van der Waals surface area contributed by atoms with E-state index >= 15 is 0 Å². The Balaban J connectivity index is 1.96. The number of rotatable bonds is 4. The maximum Gasteiger partial charge on any atom is 0.266 e. The summed E-state index contributed by atoms with van der Waals surface area (Å²) in [6.07, 6.45) is 1.58. The summed E-state index contributed by atoms with van der Waals surface area (Å²) in [6.45, 7) is 5.97. The van der Waals surface area contributed by atoms with E-state index in [0.717, 1.165) is 32.7 Å². The van der Waals surface area contributed by atoms with Gasteiger partial charge < -0.3 is 9.88 Å². The zero-order valence-electron chi connectivity index (χ0n) is 16.6. The van der Waals surface area contributed by atoms with Crippen molar-refractivity contribution in [1.29, 1.82) is 5.26 Å². The Morgan fingerprint density at radius 1 is 1.17 bits per heavy atom. The van der Waals surface area contributed by atoms with E-state index in [0.29, 0.717) is 10.7 Å². The summed E-state index contributed by atoms with van der Waals surface area (Å²) in [6, 6.07) is 14.9. The summed E-state index contributed by atoms with van der Waals surface area (Å²) in [5, 5.41) is 12.8. The van der Waals surface area contributed by atoms with Crippen LogP contribution < -0.4 is 5.32 Å². The number of carbonyl (C=O) groups excluding carboxylic acids is 1. The molecule has 1 aromatic heterocycles. The number of halogens is 3. The van der Waals surface area contributed by atoms with E-state index in [4.69, 9.17) is 23.2 Å². The third-order valence-corrected chi connectivity index (χ3v) is 6.44. The average Bonchev–Trinajstić information content (AvgIpc) is 2.98. The van der Waals surface area contributed by atoms with Gasteiger partial charge in [-0.1, -0.05) is 45.2 Å². The Labute approximate surface area is 193 Å². The van der Waals surface area contributed by atoms with Gasteiger partial charge in [0.25, 0.3) is 5.91 Å². The van der Waals surface area contributed by atoms with E-state index in [1.54, 1.807) is 24.3 Å². The maximum atomic E-state index is 12.7. The van der Waals surface area contributed by atoms with E-state index in [1.165, 1.54) is 0 Å². The highest BCUT2D eigenvalue weighted by Crippen LogP contribution is 2.30. The molecule has 0 aliphatic carbocycles. The molecule has 3 aromatic rings. The highest BCUT2D eigenvalue weighted by atomic mass is 79.9. The Kier molecular flexibility index (Phi) is 6.72. The number of nitriles is 1. The van der Waals surface area contributed by atoms with Gasteiger partial charge >= 0.3 is 0 Å². The molecule has 0 radical (unpaired) electrons. The molecule has 1 heterocycles. The van der Waals surface area contributed by atoms with Crippen LogP contribution in [0.25, 0.3) is 11.8 Å². The van der Waals surface area contributed by atoms with Crippen LogP contribution in [0.1, 0.15) is 22.5 Å². The molecule has 1 N–H and O–H groups in total. The van der Waals surface area contributed by atoms with Crippen LogP contribution in [0.4, 0.5) is 5.69 Å². The van der Waals surface area contributed by atoms with Crippen molar-refractivity contribution in [2.24, 2.45) is 0 Å².